The third-order valence-electron chi connectivity index (χ3n) is 4.98. The molecule has 0 radical (unpaired) electrons. The number of para-hydroxylation sites is 2. The highest BCUT2D eigenvalue weighted by Gasteiger charge is 2.24. The number of benzene rings is 3. The molecule has 174 valence electrons. The van der Waals surface area contributed by atoms with Gasteiger partial charge in [-0.1, -0.05) is 67.9 Å². The van der Waals surface area contributed by atoms with E-state index in [1.54, 1.807) is 23.9 Å². The average Bonchev–Trinajstić information content (AvgIpc) is 2.77. The number of anilines is 2. The van der Waals surface area contributed by atoms with Gasteiger partial charge in [0.2, 0.25) is 15.9 Å². The molecule has 0 bridgehead atoms. The van der Waals surface area contributed by atoms with Crippen LogP contribution in [0.15, 0.2) is 77.7 Å². The van der Waals surface area contributed by atoms with Crippen molar-refractivity contribution in [3.8, 4) is 0 Å². The first-order chi connectivity index (χ1) is 15.6. The quantitative estimate of drug-likeness (QED) is 0.356. The second-order valence-corrected chi connectivity index (χ2v) is 11.3. The van der Waals surface area contributed by atoms with E-state index in [1.807, 2.05) is 74.5 Å². The summed E-state index contributed by atoms with van der Waals surface area (Å²) in [7, 11) is -3.66. The summed E-state index contributed by atoms with van der Waals surface area (Å²) >= 11 is 7.54. The number of nitrogens with one attached hydrogen (secondary N) is 1. The van der Waals surface area contributed by atoms with E-state index in [0.29, 0.717) is 22.2 Å². The Morgan fingerprint density at radius 1 is 1.00 bits per heavy atom. The Morgan fingerprint density at radius 3 is 2.30 bits per heavy atom. The third-order valence-corrected chi connectivity index (χ3v) is 7.51. The van der Waals surface area contributed by atoms with Crippen LogP contribution >= 0.6 is 23.4 Å². The molecule has 0 heterocycles. The van der Waals surface area contributed by atoms with Gasteiger partial charge in [-0.15, -0.1) is 11.8 Å². The Morgan fingerprint density at radius 2 is 1.64 bits per heavy atom. The third kappa shape index (κ3) is 7.00. The number of carbonyl (C=O) groups is 1. The molecular formula is C25H27ClN2O3S2. The first kappa shape index (κ1) is 25.1. The first-order valence-electron chi connectivity index (χ1n) is 10.5. The number of hydrogen-bond acceptors (Lipinski definition) is 4. The van der Waals surface area contributed by atoms with E-state index in [0.717, 1.165) is 22.3 Å². The lowest BCUT2D eigenvalue weighted by Gasteiger charge is -2.25. The maximum absolute atomic E-state index is 12.9. The molecule has 0 aliphatic carbocycles. The van der Waals surface area contributed by atoms with Gasteiger partial charge in [0.1, 0.15) is 6.54 Å². The second-order valence-electron chi connectivity index (χ2n) is 7.94. The zero-order valence-corrected chi connectivity index (χ0v) is 21.2. The number of thioether (sulfide) groups is 1. The molecule has 0 spiro atoms. The van der Waals surface area contributed by atoms with Crippen LogP contribution in [0.25, 0.3) is 0 Å². The van der Waals surface area contributed by atoms with Gasteiger partial charge in [0.25, 0.3) is 0 Å². The lowest BCUT2D eigenvalue weighted by atomic mass is 10.0. The van der Waals surface area contributed by atoms with E-state index in [1.165, 1.54) is 4.31 Å². The van der Waals surface area contributed by atoms with Gasteiger partial charge in [-0.05, 0) is 47.4 Å². The van der Waals surface area contributed by atoms with Crippen LogP contribution in [0.2, 0.25) is 5.02 Å². The summed E-state index contributed by atoms with van der Waals surface area (Å²) in [5.41, 5.74) is 3.15. The zero-order chi connectivity index (χ0) is 24.0. The summed E-state index contributed by atoms with van der Waals surface area (Å²) in [6.07, 6.45) is 1.12. The summed E-state index contributed by atoms with van der Waals surface area (Å²) in [6, 6.07) is 22.4. The van der Waals surface area contributed by atoms with Gasteiger partial charge in [0.15, 0.2) is 0 Å². The molecule has 3 aromatic rings. The maximum atomic E-state index is 12.9. The van der Waals surface area contributed by atoms with E-state index in [4.69, 9.17) is 11.6 Å². The number of rotatable bonds is 9. The van der Waals surface area contributed by atoms with Crippen LogP contribution in [-0.2, 0) is 20.6 Å². The van der Waals surface area contributed by atoms with Gasteiger partial charge in [-0.2, -0.15) is 0 Å². The Kier molecular flexibility index (Phi) is 8.46. The van der Waals surface area contributed by atoms with Gasteiger partial charge >= 0.3 is 0 Å². The predicted molar refractivity (Wildman–Crippen MR) is 139 cm³/mol. The van der Waals surface area contributed by atoms with Crippen LogP contribution in [-0.4, -0.2) is 27.1 Å². The molecule has 0 aliphatic heterocycles. The molecule has 5 nitrogen and oxygen atoms in total. The Bertz CT molecular complexity index is 1210. The molecule has 0 aliphatic rings. The van der Waals surface area contributed by atoms with Crippen LogP contribution in [0.1, 0.15) is 30.9 Å². The standard InChI is InChI=1S/C25H27ClN2O3S2/c1-18(2)21-8-4-6-10-23(21)28(33(3,30)31)16-25(29)27-22-9-5-7-11-24(22)32-17-19-12-14-20(26)15-13-19/h4-15,18H,16-17H2,1-3H3,(H,27,29). The minimum Gasteiger partial charge on any atom is -0.323 e. The van der Waals surface area contributed by atoms with Gasteiger partial charge in [0.05, 0.1) is 17.6 Å². The van der Waals surface area contributed by atoms with Crippen molar-refractivity contribution in [3.63, 3.8) is 0 Å². The van der Waals surface area contributed by atoms with Crippen molar-refractivity contribution in [2.75, 3.05) is 22.4 Å². The van der Waals surface area contributed by atoms with Crippen molar-refractivity contribution in [2.24, 2.45) is 0 Å². The highest BCUT2D eigenvalue weighted by Crippen LogP contribution is 2.31. The molecule has 0 saturated heterocycles. The molecule has 8 heteroatoms. The van der Waals surface area contributed by atoms with Crippen LogP contribution in [0.3, 0.4) is 0 Å². The van der Waals surface area contributed by atoms with Gasteiger partial charge in [0, 0.05) is 15.7 Å². The SMILES string of the molecule is CC(C)c1ccccc1N(CC(=O)Nc1ccccc1SCc1ccc(Cl)cc1)S(C)(=O)=O. The molecule has 1 amide bonds. The van der Waals surface area contributed by atoms with Crippen molar-refractivity contribution in [2.45, 2.75) is 30.4 Å². The number of nitrogens with zero attached hydrogens (tertiary/aromatic N) is 1. The van der Waals surface area contributed by atoms with Crippen LogP contribution in [0, 0.1) is 0 Å². The highest BCUT2D eigenvalue weighted by molar-refractivity contribution is 7.98. The summed E-state index contributed by atoms with van der Waals surface area (Å²) in [4.78, 5) is 13.8. The van der Waals surface area contributed by atoms with Crippen LogP contribution in [0.4, 0.5) is 11.4 Å². The lowest BCUT2D eigenvalue weighted by Crippen LogP contribution is -2.38. The monoisotopic (exact) mass is 502 g/mol. The lowest BCUT2D eigenvalue weighted by molar-refractivity contribution is -0.114. The molecule has 1 N–H and O–H groups in total. The number of amides is 1. The highest BCUT2D eigenvalue weighted by atomic mass is 35.5. The number of hydrogen-bond donors (Lipinski definition) is 1. The molecule has 0 fully saturated rings. The van der Waals surface area contributed by atoms with Gasteiger partial charge in [-0.25, -0.2) is 8.42 Å². The second kappa shape index (κ2) is 11.1. The molecular weight excluding hydrogens is 476 g/mol. The largest absolute Gasteiger partial charge is 0.323 e. The average molecular weight is 503 g/mol. The molecule has 0 unspecified atom stereocenters. The fourth-order valence-electron chi connectivity index (χ4n) is 3.34. The van der Waals surface area contributed by atoms with Gasteiger partial charge < -0.3 is 5.32 Å². The van der Waals surface area contributed by atoms with Crippen LogP contribution < -0.4 is 9.62 Å². The minimum absolute atomic E-state index is 0.110. The topological polar surface area (TPSA) is 66.5 Å². The summed E-state index contributed by atoms with van der Waals surface area (Å²) < 4.78 is 26.3. The Balaban J connectivity index is 1.77. The molecule has 33 heavy (non-hydrogen) atoms. The first-order valence-corrected chi connectivity index (χ1v) is 13.7. The summed E-state index contributed by atoms with van der Waals surface area (Å²) in [5, 5.41) is 3.58. The molecule has 3 aromatic carbocycles. The van der Waals surface area contributed by atoms with Crippen molar-refractivity contribution < 1.29 is 13.2 Å². The van der Waals surface area contributed by atoms with E-state index >= 15 is 0 Å². The number of carbonyl (C=O) groups excluding carboxylic acids is 1. The minimum atomic E-state index is -3.66. The molecule has 0 atom stereocenters. The van der Waals surface area contributed by atoms with E-state index < -0.39 is 15.9 Å². The number of halogens is 1. The van der Waals surface area contributed by atoms with Crippen molar-refractivity contribution >= 4 is 50.7 Å². The van der Waals surface area contributed by atoms with Crippen molar-refractivity contribution in [1.29, 1.82) is 0 Å². The van der Waals surface area contributed by atoms with Crippen molar-refractivity contribution in [3.05, 3.63) is 88.9 Å². The normalized spacial score (nSPS) is 11.4. The van der Waals surface area contributed by atoms with Crippen molar-refractivity contribution in [1.82, 2.24) is 0 Å². The van der Waals surface area contributed by atoms with E-state index in [-0.39, 0.29) is 12.5 Å². The predicted octanol–water partition coefficient (Wildman–Crippen LogP) is 6.16. The zero-order valence-electron chi connectivity index (χ0n) is 18.8. The van der Waals surface area contributed by atoms with Gasteiger partial charge in [-0.3, -0.25) is 9.10 Å². The smallest absolute Gasteiger partial charge is 0.245 e. The molecule has 0 aromatic heterocycles. The van der Waals surface area contributed by atoms with E-state index in [9.17, 15) is 13.2 Å². The molecule has 3 rings (SSSR count). The van der Waals surface area contributed by atoms with E-state index in [2.05, 4.69) is 5.32 Å². The fraction of sp³-hybridized carbons (Fsp3) is 0.240. The van der Waals surface area contributed by atoms with Crippen LogP contribution in [0.5, 0.6) is 0 Å². The Hall–Kier alpha value is -2.48. The molecule has 0 saturated carbocycles. The Labute approximate surface area is 205 Å². The number of sulfonamides is 1. The fourth-order valence-corrected chi connectivity index (χ4v) is 5.31. The summed E-state index contributed by atoms with van der Waals surface area (Å²) in [6.45, 7) is 3.68. The summed E-state index contributed by atoms with van der Waals surface area (Å²) in [5.74, 6) is 0.415. The maximum Gasteiger partial charge on any atom is 0.245 e.